The quantitative estimate of drug-likeness (QED) is 0.718. The lowest BCUT2D eigenvalue weighted by Crippen LogP contribution is -2.24. The Balaban J connectivity index is 1.56. The average molecular weight is 286 g/mol. The second-order valence-electron chi connectivity index (χ2n) is 5.28. The number of benzene rings is 1. The highest BCUT2D eigenvalue weighted by atomic mass is 19.4. The van der Waals surface area contributed by atoms with E-state index in [2.05, 4.69) is 10.6 Å². The van der Waals surface area contributed by atoms with E-state index < -0.39 is 11.7 Å². The van der Waals surface area contributed by atoms with Crippen LogP contribution in [0.15, 0.2) is 24.3 Å². The zero-order valence-corrected chi connectivity index (χ0v) is 11.5. The van der Waals surface area contributed by atoms with Crippen LogP contribution in [-0.2, 0) is 12.6 Å². The van der Waals surface area contributed by atoms with E-state index in [0.29, 0.717) is 0 Å². The number of halogens is 3. The van der Waals surface area contributed by atoms with Crippen LogP contribution in [0.5, 0.6) is 0 Å². The Bertz CT molecular complexity index is 397. The van der Waals surface area contributed by atoms with Gasteiger partial charge in [0, 0.05) is 6.04 Å². The van der Waals surface area contributed by atoms with Crippen LogP contribution in [0.4, 0.5) is 13.2 Å². The third-order valence-electron chi connectivity index (χ3n) is 3.41. The van der Waals surface area contributed by atoms with E-state index in [1.54, 1.807) is 12.1 Å². The molecule has 2 nitrogen and oxygen atoms in total. The van der Waals surface area contributed by atoms with Crippen molar-refractivity contribution >= 4 is 0 Å². The molecule has 112 valence electrons. The average Bonchev–Trinajstić information content (AvgIpc) is 3.21. The first kappa shape index (κ1) is 15.3. The highest BCUT2D eigenvalue weighted by Crippen LogP contribution is 2.29. The Morgan fingerprint density at radius 1 is 1.00 bits per heavy atom. The lowest BCUT2D eigenvalue weighted by molar-refractivity contribution is -0.137. The molecule has 0 saturated heterocycles. The van der Waals surface area contributed by atoms with Gasteiger partial charge in [-0.25, -0.2) is 0 Å². The first-order chi connectivity index (χ1) is 9.55. The molecule has 2 N–H and O–H groups in total. The van der Waals surface area contributed by atoms with Gasteiger partial charge in [-0.3, -0.25) is 0 Å². The second kappa shape index (κ2) is 7.09. The van der Waals surface area contributed by atoms with Gasteiger partial charge in [-0.2, -0.15) is 13.2 Å². The summed E-state index contributed by atoms with van der Waals surface area (Å²) < 4.78 is 37.2. The number of rotatable bonds is 8. The van der Waals surface area contributed by atoms with Crippen LogP contribution < -0.4 is 10.6 Å². The molecule has 0 unspecified atom stereocenters. The molecule has 0 amide bonds. The van der Waals surface area contributed by atoms with Gasteiger partial charge in [-0.05, 0) is 63.0 Å². The largest absolute Gasteiger partial charge is 0.416 e. The normalized spacial score (nSPS) is 15.6. The molecule has 5 heteroatoms. The van der Waals surface area contributed by atoms with Crippen molar-refractivity contribution in [2.24, 2.45) is 0 Å². The summed E-state index contributed by atoms with van der Waals surface area (Å²) in [5.74, 6) is 0. The maximum atomic E-state index is 12.4. The van der Waals surface area contributed by atoms with Gasteiger partial charge < -0.3 is 10.6 Å². The monoisotopic (exact) mass is 286 g/mol. The molecule has 2 rings (SSSR count). The summed E-state index contributed by atoms with van der Waals surface area (Å²) in [6.07, 6.45) is 0.214. The second-order valence-corrected chi connectivity index (χ2v) is 5.28. The predicted molar refractivity (Wildman–Crippen MR) is 73.7 cm³/mol. The van der Waals surface area contributed by atoms with Crippen LogP contribution in [0, 0.1) is 0 Å². The fourth-order valence-electron chi connectivity index (χ4n) is 2.03. The summed E-state index contributed by atoms with van der Waals surface area (Å²) >= 11 is 0. The summed E-state index contributed by atoms with van der Waals surface area (Å²) in [5.41, 5.74) is 0.349. The van der Waals surface area contributed by atoms with Crippen LogP contribution in [-0.4, -0.2) is 25.7 Å². The van der Waals surface area contributed by atoms with E-state index in [-0.39, 0.29) is 0 Å². The minimum absolute atomic E-state index is 0.583. The number of hydrogen-bond acceptors (Lipinski definition) is 2. The zero-order chi connectivity index (χ0) is 14.4. The van der Waals surface area contributed by atoms with Gasteiger partial charge in [-0.15, -0.1) is 0 Å². The summed E-state index contributed by atoms with van der Waals surface area (Å²) in [5, 5.41) is 6.75. The van der Waals surface area contributed by atoms with Gasteiger partial charge in [0.2, 0.25) is 0 Å². The van der Waals surface area contributed by atoms with Crippen molar-refractivity contribution in [3.63, 3.8) is 0 Å². The molecule has 0 aromatic heterocycles. The van der Waals surface area contributed by atoms with Gasteiger partial charge in [0.1, 0.15) is 0 Å². The topological polar surface area (TPSA) is 24.1 Å². The third kappa shape index (κ3) is 5.51. The standard InChI is InChI=1S/C15H21F3N2/c16-15(17,18)13-4-2-12(3-5-13)8-11-19-9-1-10-20-14-6-7-14/h2-5,14,19-20H,1,6-11H2. The molecule has 1 aromatic rings. The molecular formula is C15H21F3N2. The Hall–Kier alpha value is -1.07. The summed E-state index contributed by atoms with van der Waals surface area (Å²) in [7, 11) is 0. The molecule has 1 fully saturated rings. The molecule has 0 atom stereocenters. The molecule has 0 heterocycles. The summed E-state index contributed by atoms with van der Waals surface area (Å²) in [4.78, 5) is 0. The van der Waals surface area contributed by atoms with Crippen molar-refractivity contribution in [2.75, 3.05) is 19.6 Å². The molecule has 0 aliphatic heterocycles. The first-order valence-electron chi connectivity index (χ1n) is 7.16. The zero-order valence-electron chi connectivity index (χ0n) is 11.5. The smallest absolute Gasteiger partial charge is 0.316 e. The lowest BCUT2D eigenvalue weighted by atomic mass is 10.1. The molecule has 1 aliphatic rings. The maximum Gasteiger partial charge on any atom is 0.416 e. The van der Waals surface area contributed by atoms with Crippen molar-refractivity contribution in [3.05, 3.63) is 35.4 Å². The molecule has 1 aliphatic carbocycles. The van der Waals surface area contributed by atoms with Crippen molar-refractivity contribution in [1.82, 2.24) is 10.6 Å². The number of alkyl halides is 3. The number of nitrogens with one attached hydrogen (secondary N) is 2. The van der Waals surface area contributed by atoms with Crippen LogP contribution >= 0.6 is 0 Å². The molecule has 1 aromatic carbocycles. The summed E-state index contributed by atoms with van der Waals surface area (Å²) in [6, 6.07) is 6.16. The number of hydrogen-bond donors (Lipinski definition) is 2. The highest BCUT2D eigenvalue weighted by molar-refractivity contribution is 5.24. The van der Waals surface area contributed by atoms with Crippen molar-refractivity contribution in [1.29, 1.82) is 0 Å². The minimum Gasteiger partial charge on any atom is -0.316 e. The third-order valence-corrected chi connectivity index (χ3v) is 3.41. The molecule has 0 radical (unpaired) electrons. The van der Waals surface area contributed by atoms with Crippen LogP contribution in [0.1, 0.15) is 30.4 Å². The Morgan fingerprint density at radius 3 is 2.30 bits per heavy atom. The van der Waals surface area contributed by atoms with E-state index in [1.165, 1.54) is 12.8 Å². The Morgan fingerprint density at radius 2 is 1.70 bits per heavy atom. The van der Waals surface area contributed by atoms with Gasteiger partial charge in [0.25, 0.3) is 0 Å². The van der Waals surface area contributed by atoms with Gasteiger partial charge in [0.15, 0.2) is 0 Å². The maximum absolute atomic E-state index is 12.4. The molecule has 1 saturated carbocycles. The van der Waals surface area contributed by atoms with Crippen LogP contribution in [0.3, 0.4) is 0 Å². The molecule has 0 spiro atoms. The van der Waals surface area contributed by atoms with E-state index in [9.17, 15) is 13.2 Å². The van der Waals surface area contributed by atoms with E-state index >= 15 is 0 Å². The molecule has 0 bridgehead atoms. The highest BCUT2D eigenvalue weighted by Gasteiger charge is 2.29. The first-order valence-corrected chi connectivity index (χ1v) is 7.16. The van der Waals surface area contributed by atoms with Crippen LogP contribution in [0.2, 0.25) is 0 Å². The SMILES string of the molecule is FC(F)(F)c1ccc(CCNCCCNC2CC2)cc1. The van der Waals surface area contributed by atoms with Gasteiger partial charge >= 0.3 is 6.18 Å². The van der Waals surface area contributed by atoms with Gasteiger partial charge in [0.05, 0.1) is 5.56 Å². The minimum atomic E-state index is -4.24. The lowest BCUT2D eigenvalue weighted by Gasteiger charge is -2.08. The fraction of sp³-hybridized carbons (Fsp3) is 0.600. The van der Waals surface area contributed by atoms with Crippen LogP contribution in [0.25, 0.3) is 0 Å². The molecule has 20 heavy (non-hydrogen) atoms. The summed E-state index contributed by atoms with van der Waals surface area (Å²) in [6.45, 7) is 2.78. The van der Waals surface area contributed by atoms with E-state index in [1.807, 2.05) is 0 Å². The Kier molecular flexibility index (Phi) is 5.43. The molecular weight excluding hydrogens is 265 g/mol. The predicted octanol–water partition coefficient (Wildman–Crippen LogP) is 2.98. The fourth-order valence-corrected chi connectivity index (χ4v) is 2.03. The Labute approximate surface area is 117 Å². The van der Waals surface area contributed by atoms with Crippen molar-refractivity contribution in [2.45, 2.75) is 37.9 Å². The van der Waals surface area contributed by atoms with E-state index in [4.69, 9.17) is 0 Å². The van der Waals surface area contributed by atoms with Crippen molar-refractivity contribution < 1.29 is 13.2 Å². The van der Waals surface area contributed by atoms with Gasteiger partial charge in [-0.1, -0.05) is 12.1 Å². The van der Waals surface area contributed by atoms with Crippen molar-refractivity contribution in [3.8, 4) is 0 Å². The van der Waals surface area contributed by atoms with E-state index in [0.717, 1.165) is 56.2 Å².